The van der Waals surface area contributed by atoms with Crippen LogP contribution >= 0.6 is 0 Å². The average Bonchev–Trinajstić information content (AvgIpc) is 2.56. The van der Waals surface area contributed by atoms with Crippen molar-refractivity contribution in [3.63, 3.8) is 0 Å². The number of nitrogens with zero attached hydrogens (tertiary/aromatic N) is 2. The normalized spacial score (nSPS) is 10.4. The van der Waals surface area contributed by atoms with Crippen molar-refractivity contribution in [2.45, 2.75) is 0 Å². The fourth-order valence-corrected chi connectivity index (χ4v) is 2.17. The minimum atomic E-state index is -0.769. The molecular weight excluding hydrogens is 278 g/mol. The van der Waals surface area contributed by atoms with Crippen LogP contribution in [0.25, 0.3) is 16.9 Å². The van der Waals surface area contributed by atoms with Crippen LogP contribution in [0, 0.1) is 0 Å². The van der Waals surface area contributed by atoms with E-state index in [2.05, 4.69) is 5.10 Å². The largest absolute Gasteiger partial charge is 0.365 e. The van der Waals surface area contributed by atoms with Gasteiger partial charge in [0.1, 0.15) is 5.56 Å². The maximum absolute atomic E-state index is 12.4. The molecule has 0 atom stereocenters. The third-order valence-electron chi connectivity index (χ3n) is 3.25. The van der Waals surface area contributed by atoms with Crippen LogP contribution in [0.1, 0.15) is 10.4 Å². The molecule has 0 bridgehead atoms. The van der Waals surface area contributed by atoms with Gasteiger partial charge in [0, 0.05) is 5.56 Å². The summed E-state index contributed by atoms with van der Waals surface area (Å²) in [6, 6.07) is 19.7. The molecule has 2 N–H and O–H groups in total. The maximum Gasteiger partial charge on any atom is 0.284 e. The number of hydrogen-bond donors (Lipinski definition) is 1. The van der Waals surface area contributed by atoms with Crippen molar-refractivity contribution in [2.24, 2.45) is 5.73 Å². The lowest BCUT2D eigenvalue weighted by molar-refractivity contribution is 0.0998. The van der Waals surface area contributed by atoms with Gasteiger partial charge in [-0.2, -0.15) is 9.78 Å². The summed E-state index contributed by atoms with van der Waals surface area (Å²) in [5.41, 5.74) is 6.60. The maximum atomic E-state index is 12.4. The number of nitrogens with two attached hydrogens (primary N) is 1. The Morgan fingerprint density at radius 1 is 0.955 bits per heavy atom. The highest BCUT2D eigenvalue weighted by Gasteiger charge is 2.14. The van der Waals surface area contributed by atoms with Gasteiger partial charge in [-0.25, -0.2) is 0 Å². The third-order valence-corrected chi connectivity index (χ3v) is 3.25. The van der Waals surface area contributed by atoms with Crippen LogP contribution in [0.4, 0.5) is 0 Å². The van der Waals surface area contributed by atoms with Crippen LogP contribution in [0.5, 0.6) is 0 Å². The Balaban J connectivity index is 2.28. The van der Waals surface area contributed by atoms with Gasteiger partial charge in [0.25, 0.3) is 11.5 Å². The SMILES string of the molecule is NC(=O)c1cc(-c2ccccc2)nn(-c2ccccc2)c1=O. The molecule has 1 amide bonds. The number of rotatable bonds is 3. The van der Waals surface area contributed by atoms with E-state index in [-0.39, 0.29) is 5.56 Å². The second-order valence-electron chi connectivity index (χ2n) is 4.73. The zero-order chi connectivity index (χ0) is 15.5. The summed E-state index contributed by atoms with van der Waals surface area (Å²) in [5, 5.41) is 4.35. The summed E-state index contributed by atoms with van der Waals surface area (Å²) >= 11 is 0. The molecule has 22 heavy (non-hydrogen) atoms. The van der Waals surface area contributed by atoms with Crippen molar-refractivity contribution in [1.29, 1.82) is 0 Å². The molecule has 0 aliphatic carbocycles. The minimum Gasteiger partial charge on any atom is -0.365 e. The van der Waals surface area contributed by atoms with Crippen LogP contribution in [0.15, 0.2) is 71.5 Å². The zero-order valence-corrected chi connectivity index (χ0v) is 11.6. The lowest BCUT2D eigenvalue weighted by Crippen LogP contribution is -2.30. The van der Waals surface area contributed by atoms with E-state index in [1.54, 1.807) is 24.3 Å². The van der Waals surface area contributed by atoms with E-state index in [1.807, 2.05) is 36.4 Å². The summed E-state index contributed by atoms with van der Waals surface area (Å²) in [5.74, 6) is -0.769. The first-order valence-corrected chi connectivity index (χ1v) is 6.72. The monoisotopic (exact) mass is 291 g/mol. The smallest absolute Gasteiger partial charge is 0.284 e. The van der Waals surface area contributed by atoms with Crippen molar-refractivity contribution in [3.05, 3.63) is 82.6 Å². The third kappa shape index (κ3) is 2.52. The van der Waals surface area contributed by atoms with Gasteiger partial charge in [0.2, 0.25) is 0 Å². The minimum absolute atomic E-state index is 0.0855. The van der Waals surface area contributed by atoms with Crippen LogP contribution in [0.2, 0.25) is 0 Å². The number of benzene rings is 2. The molecule has 0 spiro atoms. The molecule has 3 rings (SSSR count). The molecule has 0 saturated carbocycles. The molecule has 0 saturated heterocycles. The van der Waals surface area contributed by atoms with E-state index in [4.69, 9.17) is 5.73 Å². The van der Waals surface area contributed by atoms with E-state index in [0.29, 0.717) is 11.4 Å². The molecule has 1 aromatic heterocycles. The number of carbonyl (C=O) groups excluding carboxylic acids is 1. The van der Waals surface area contributed by atoms with E-state index < -0.39 is 11.5 Å². The van der Waals surface area contributed by atoms with Gasteiger partial charge >= 0.3 is 0 Å². The Bertz CT molecular complexity index is 871. The molecule has 3 aromatic rings. The Hall–Kier alpha value is -3.21. The van der Waals surface area contributed by atoms with E-state index in [9.17, 15) is 9.59 Å². The molecule has 0 aliphatic rings. The summed E-state index contributed by atoms with van der Waals surface area (Å²) in [6.45, 7) is 0. The van der Waals surface area contributed by atoms with Crippen LogP contribution in [0.3, 0.4) is 0 Å². The second-order valence-corrected chi connectivity index (χ2v) is 4.73. The number of hydrogen-bond acceptors (Lipinski definition) is 3. The van der Waals surface area contributed by atoms with Gasteiger partial charge in [-0.05, 0) is 18.2 Å². The molecular formula is C17H13N3O2. The molecule has 108 valence electrons. The molecule has 2 aromatic carbocycles. The highest BCUT2D eigenvalue weighted by molar-refractivity contribution is 5.93. The predicted molar refractivity (Wildman–Crippen MR) is 83.8 cm³/mol. The van der Waals surface area contributed by atoms with Crippen molar-refractivity contribution < 1.29 is 4.79 Å². The van der Waals surface area contributed by atoms with Crippen LogP contribution in [-0.2, 0) is 0 Å². The Morgan fingerprint density at radius 2 is 1.55 bits per heavy atom. The van der Waals surface area contributed by atoms with Gasteiger partial charge in [-0.3, -0.25) is 9.59 Å². The Labute approximate surface area is 126 Å². The van der Waals surface area contributed by atoms with Crippen LogP contribution in [-0.4, -0.2) is 15.7 Å². The quantitative estimate of drug-likeness (QED) is 0.801. The number of aromatic nitrogens is 2. The summed E-state index contributed by atoms with van der Waals surface area (Å²) in [7, 11) is 0. The van der Waals surface area contributed by atoms with Gasteiger partial charge in [0.15, 0.2) is 0 Å². The highest BCUT2D eigenvalue weighted by Crippen LogP contribution is 2.17. The number of amides is 1. The molecule has 5 heteroatoms. The predicted octanol–water partition coefficient (Wildman–Crippen LogP) is 2.00. The summed E-state index contributed by atoms with van der Waals surface area (Å²) in [6.07, 6.45) is 0. The first-order valence-electron chi connectivity index (χ1n) is 6.72. The molecule has 0 unspecified atom stereocenters. The van der Waals surface area contributed by atoms with Crippen LogP contribution < -0.4 is 11.3 Å². The first-order chi connectivity index (χ1) is 10.7. The van der Waals surface area contributed by atoms with Crippen molar-refractivity contribution in [3.8, 4) is 16.9 Å². The van der Waals surface area contributed by atoms with Gasteiger partial charge in [-0.15, -0.1) is 0 Å². The highest BCUT2D eigenvalue weighted by atomic mass is 16.2. The average molecular weight is 291 g/mol. The standard InChI is InChI=1S/C17H13N3O2/c18-16(21)14-11-15(12-7-3-1-4-8-12)19-20(17(14)22)13-9-5-2-6-10-13/h1-11H,(H2,18,21). The first kappa shape index (κ1) is 13.8. The van der Waals surface area contributed by atoms with Gasteiger partial charge in [-0.1, -0.05) is 48.5 Å². The van der Waals surface area contributed by atoms with E-state index in [0.717, 1.165) is 5.56 Å². The molecule has 1 heterocycles. The molecule has 0 fully saturated rings. The molecule has 0 radical (unpaired) electrons. The van der Waals surface area contributed by atoms with Crippen molar-refractivity contribution >= 4 is 5.91 Å². The zero-order valence-electron chi connectivity index (χ0n) is 11.6. The van der Waals surface area contributed by atoms with Gasteiger partial charge in [0.05, 0.1) is 11.4 Å². The number of primary amides is 1. The van der Waals surface area contributed by atoms with Crippen molar-refractivity contribution in [2.75, 3.05) is 0 Å². The van der Waals surface area contributed by atoms with Gasteiger partial charge < -0.3 is 5.73 Å². The fraction of sp³-hybridized carbons (Fsp3) is 0. The summed E-state index contributed by atoms with van der Waals surface area (Å²) in [4.78, 5) is 24.0. The lowest BCUT2D eigenvalue weighted by Gasteiger charge is -2.09. The molecule has 5 nitrogen and oxygen atoms in total. The Morgan fingerprint density at radius 3 is 2.14 bits per heavy atom. The van der Waals surface area contributed by atoms with Crippen molar-refractivity contribution in [1.82, 2.24) is 9.78 Å². The van der Waals surface area contributed by atoms with E-state index >= 15 is 0 Å². The fourth-order valence-electron chi connectivity index (χ4n) is 2.17. The summed E-state index contributed by atoms with van der Waals surface area (Å²) < 4.78 is 1.20. The second kappa shape index (κ2) is 5.65. The number of para-hydroxylation sites is 1. The molecule has 0 aliphatic heterocycles. The topological polar surface area (TPSA) is 78.0 Å². The van der Waals surface area contributed by atoms with E-state index in [1.165, 1.54) is 10.7 Å². The lowest BCUT2D eigenvalue weighted by atomic mass is 10.1. The Kier molecular flexibility index (Phi) is 3.53. The number of carbonyl (C=O) groups is 1.